The number of nitrogens with one attached hydrogen (secondary N) is 1. The molecule has 17 heavy (non-hydrogen) atoms. The third kappa shape index (κ3) is 3.77. The van der Waals surface area contributed by atoms with E-state index in [0.29, 0.717) is 6.54 Å². The molecule has 0 radical (unpaired) electrons. The Kier molecular flexibility index (Phi) is 5.53. The van der Waals surface area contributed by atoms with E-state index >= 15 is 0 Å². The first kappa shape index (κ1) is 13.6. The van der Waals surface area contributed by atoms with Gasteiger partial charge in [-0.15, -0.1) is 0 Å². The largest absolute Gasteiger partial charge is 0.376 e. The second-order valence-corrected chi connectivity index (χ2v) is 3.93. The number of benzene rings is 1. The van der Waals surface area contributed by atoms with Gasteiger partial charge in [-0.1, -0.05) is 25.1 Å². The molecule has 1 rings (SSSR count). The molecule has 0 saturated heterocycles. The molecular formula is C14H22N2O. The van der Waals surface area contributed by atoms with E-state index in [1.54, 1.807) is 0 Å². The van der Waals surface area contributed by atoms with Crippen LogP contribution in [-0.4, -0.2) is 30.4 Å². The van der Waals surface area contributed by atoms with E-state index in [0.717, 1.165) is 25.2 Å². The molecule has 1 aromatic rings. The Bertz CT molecular complexity index is 359. The summed E-state index contributed by atoms with van der Waals surface area (Å²) >= 11 is 0. The van der Waals surface area contributed by atoms with Gasteiger partial charge in [-0.3, -0.25) is 4.79 Å². The molecule has 0 aliphatic heterocycles. The third-order valence-electron chi connectivity index (χ3n) is 2.94. The number of likely N-dealkylation sites (N-methyl/N-ethyl adjacent to an activating group) is 1. The Morgan fingerprint density at radius 3 is 2.41 bits per heavy atom. The molecule has 3 nitrogen and oxygen atoms in total. The van der Waals surface area contributed by atoms with Crippen LogP contribution in [-0.2, 0) is 11.2 Å². The molecule has 0 aromatic heterocycles. The number of para-hydroxylation sites is 1. The highest BCUT2D eigenvalue weighted by Gasteiger charge is 2.09. The van der Waals surface area contributed by atoms with Crippen LogP contribution in [0.15, 0.2) is 24.3 Å². The van der Waals surface area contributed by atoms with Crippen molar-refractivity contribution in [3.05, 3.63) is 29.8 Å². The van der Waals surface area contributed by atoms with Gasteiger partial charge in [0, 0.05) is 18.8 Å². The van der Waals surface area contributed by atoms with E-state index in [1.165, 1.54) is 5.56 Å². The SMILES string of the molecule is CCc1ccccc1NCC(=O)N(CC)CC. The Hall–Kier alpha value is -1.51. The van der Waals surface area contributed by atoms with Gasteiger partial charge in [-0.25, -0.2) is 0 Å². The number of rotatable bonds is 6. The van der Waals surface area contributed by atoms with Crippen LogP contribution in [0.25, 0.3) is 0 Å². The first-order valence-corrected chi connectivity index (χ1v) is 6.32. The lowest BCUT2D eigenvalue weighted by Crippen LogP contribution is -2.35. The maximum absolute atomic E-state index is 11.8. The fourth-order valence-electron chi connectivity index (χ4n) is 1.86. The number of hydrogen-bond acceptors (Lipinski definition) is 2. The van der Waals surface area contributed by atoms with Crippen molar-refractivity contribution < 1.29 is 4.79 Å². The first-order valence-electron chi connectivity index (χ1n) is 6.32. The van der Waals surface area contributed by atoms with Gasteiger partial charge in [0.1, 0.15) is 0 Å². The lowest BCUT2D eigenvalue weighted by molar-refractivity contribution is -0.128. The van der Waals surface area contributed by atoms with Crippen molar-refractivity contribution >= 4 is 11.6 Å². The van der Waals surface area contributed by atoms with E-state index in [4.69, 9.17) is 0 Å². The number of anilines is 1. The van der Waals surface area contributed by atoms with Crippen LogP contribution >= 0.6 is 0 Å². The fourth-order valence-corrected chi connectivity index (χ4v) is 1.86. The van der Waals surface area contributed by atoms with Gasteiger partial charge in [0.2, 0.25) is 5.91 Å². The number of carbonyl (C=O) groups excluding carboxylic acids is 1. The summed E-state index contributed by atoms with van der Waals surface area (Å²) in [4.78, 5) is 13.7. The summed E-state index contributed by atoms with van der Waals surface area (Å²) in [6, 6.07) is 8.12. The predicted octanol–water partition coefficient (Wildman–Crippen LogP) is 2.53. The Morgan fingerprint density at radius 1 is 1.18 bits per heavy atom. The van der Waals surface area contributed by atoms with Gasteiger partial charge in [0.25, 0.3) is 0 Å². The fraction of sp³-hybridized carbons (Fsp3) is 0.500. The minimum Gasteiger partial charge on any atom is -0.376 e. The van der Waals surface area contributed by atoms with Crippen LogP contribution in [0.1, 0.15) is 26.3 Å². The molecule has 94 valence electrons. The molecule has 1 amide bonds. The number of carbonyl (C=O) groups is 1. The highest BCUT2D eigenvalue weighted by atomic mass is 16.2. The first-order chi connectivity index (χ1) is 8.22. The Balaban J connectivity index is 2.58. The molecule has 0 bridgehead atoms. The van der Waals surface area contributed by atoms with Crippen LogP contribution < -0.4 is 5.32 Å². The molecule has 0 saturated carbocycles. The number of amides is 1. The third-order valence-corrected chi connectivity index (χ3v) is 2.94. The predicted molar refractivity (Wildman–Crippen MR) is 72.2 cm³/mol. The summed E-state index contributed by atoms with van der Waals surface area (Å²) in [6.45, 7) is 8.03. The quantitative estimate of drug-likeness (QED) is 0.820. The maximum atomic E-state index is 11.8. The number of nitrogens with zero attached hydrogens (tertiary/aromatic N) is 1. The van der Waals surface area contributed by atoms with Crippen molar-refractivity contribution in [2.24, 2.45) is 0 Å². The van der Waals surface area contributed by atoms with Crippen molar-refractivity contribution in [1.82, 2.24) is 4.90 Å². The van der Waals surface area contributed by atoms with Crippen LogP contribution in [0.5, 0.6) is 0 Å². The highest BCUT2D eigenvalue weighted by molar-refractivity contribution is 5.81. The number of hydrogen-bond donors (Lipinski definition) is 1. The monoisotopic (exact) mass is 234 g/mol. The lowest BCUT2D eigenvalue weighted by Gasteiger charge is -2.19. The summed E-state index contributed by atoms with van der Waals surface area (Å²) in [5.74, 6) is 0.154. The van der Waals surface area contributed by atoms with E-state index in [9.17, 15) is 4.79 Å². The van der Waals surface area contributed by atoms with Crippen molar-refractivity contribution in [2.75, 3.05) is 25.0 Å². The van der Waals surface area contributed by atoms with Crippen molar-refractivity contribution in [1.29, 1.82) is 0 Å². The van der Waals surface area contributed by atoms with Crippen molar-refractivity contribution in [3.8, 4) is 0 Å². The van der Waals surface area contributed by atoms with E-state index < -0.39 is 0 Å². The molecule has 0 fully saturated rings. The lowest BCUT2D eigenvalue weighted by atomic mass is 10.1. The second-order valence-electron chi connectivity index (χ2n) is 3.93. The summed E-state index contributed by atoms with van der Waals surface area (Å²) in [5.41, 5.74) is 2.32. The molecule has 0 spiro atoms. The molecule has 3 heteroatoms. The van der Waals surface area contributed by atoms with Gasteiger partial charge in [0.05, 0.1) is 6.54 Å². The van der Waals surface area contributed by atoms with Crippen molar-refractivity contribution in [2.45, 2.75) is 27.2 Å². The van der Waals surface area contributed by atoms with Gasteiger partial charge in [-0.05, 0) is 31.9 Å². The molecular weight excluding hydrogens is 212 g/mol. The minimum absolute atomic E-state index is 0.154. The summed E-state index contributed by atoms with van der Waals surface area (Å²) < 4.78 is 0. The number of aryl methyl sites for hydroxylation is 1. The van der Waals surface area contributed by atoms with Gasteiger partial charge in [0.15, 0.2) is 0 Å². The molecule has 0 atom stereocenters. The summed E-state index contributed by atoms with van der Waals surface area (Å²) in [7, 11) is 0. The van der Waals surface area contributed by atoms with Gasteiger partial charge in [-0.2, -0.15) is 0 Å². The van der Waals surface area contributed by atoms with E-state index in [-0.39, 0.29) is 5.91 Å². The molecule has 1 N–H and O–H groups in total. The van der Waals surface area contributed by atoms with E-state index in [1.807, 2.05) is 36.9 Å². The second kappa shape index (κ2) is 6.94. The van der Waals surface area contributed by atoms with Gasteiger partial charge < -0.3 is 10.2 Å². The maximum Gasteiger partial charge on any atom is 0.241 e. The molecule has 0 aliphatic carbocycles. The summed E-state index contributed by atoms with van der Waals surface area (Å²) in [6.07, 6.45) is 0.975. The standard InChI is InChI=1S/C14H22N2O/c1-4-12-9-7-8-10-13(12)15-11-14(17)16(5-2)6-3/h7-10,15H,4-6,11H2,1-3H3. The normalized spacial score (nSPS) is 10.1. The molecule has 0 heterocycles. The minimum atomic E-state index is 0.154. The van der Waals surface area contributed by atoms with Crippen LogP contribution in [0.4, 0.5) is 5.69 Å². The smallest absolute Gasteiger partial charge is 0.241 e. The zero-order valence-corrected chi connectivity index (χ0v) is 11.0. The molecule has 0 aliphatic rings. The highest BCUT2D eigenvalue weighted by Crippen LogP contribution is 2.14. The zero-order valence-electron chi connectivity index (χ0n) is 11.0. The molecule has 0 unspecified atom stereocenters. The topological polar surface area (TPSA) is 32.3 Å². The summed E-state index contributed by atoms with van der Waals surface area (Å²) in [5, 5.41) is 3.22. The van der Waals surface area contributed by atoms with Crippen LogP contribution in [0.3, 0.4) is 0 Å². The Labute approximate surface area is 104 Å². The zero-order chi connectivity index (χ0) is 12.7. The van der Waals surface area contributed by atoms with E-state index in [2.05, 4.69) is 18.3 Å². The van der Waals surface area contributed by atoms with Gasteiger partial charge >= 0.3 is 0 Å². The van der Waals surface area contributed by atoms with Crippen LogP contribution in [0, 0.1) is 0 Å². The molecule has 1 aromatic carbocycles. The van der Waals surface area contributed by atoms with Crippen LogP contribution in [0.2, 0.25) is 0 Å². The Morgan fingerprint density at radius 2 is 1.82 bits per heavy atom. The average Bonchev–Trinajstić information content (AvgIpc) is 2.38. The average molecular weight is 234 g/mol. The van der Waals surface area contributed by atoms with Crippen molar-refractivity contribution in [3.63, 3.8) is 0 Å².